The van der Waals surface area contributed by atoms with Crippen molar-refractivity contribution in [2.24, 2.45) is 0 Å². The van der Waals surface area contributed by atoms with Gasteiger partial charge in [-0.05, 0) is 48.4 Å². The topological polar surface area (TPSA) is 24.5 Å². The lowest BCUT2D eigenvalue weighted by molar-refractivity contribution is 0.238. The van der Waals surface area contributed by atoms with E-state index in [2.05, 4.69) is 56.1 Å². The smallest absolute Gasteiger partial charge is 0.122 e. The molecule has 0 radical (unpaired) electrons. The van der Waals surface area contributed by atoms with Crippen molar-refractivity contribution in [3.05, 3.63) is 29.3 Å². The molecule has 0 amide bonds. The molecular weight excluding hydrogens is 284 g/mol. The van der Waals surface area contributed by atoms with E-state index in [0.717, 1.165) is 38.3 Å². The normalized spacial score (nSPS) is 16.5. The molecule has 130 valence electrons. The summed E-state index contributed by atoms with van der Waals surface area (Å²) in [6, 6.07) is 6.77. The quantitative estimate of drug-likeness (QED) is 0.831. The molecule has 0 unspecified atom stereocenters. The zero-order valence-electron chi connectivity index (χ0n) is 15.5. The molecule has 0 spiro atoms. The van der Waals surface area contributed by atoms with Gasteiger partial charge in [0, 0.05) is 26.2 Å². The largest absolute Gasteiger partial charge is 0.493 e. The van der Waals surface area contributed by atoms with Crippen LogP contribution in [0.3, 0.4) is 0 Å². The number of rotatable bonds is 7. The number of nitrogens with zero attached hydrogens (tertiary/aromatic N) is 1. The Kier molecular flexibility index (Phi) is 6.91. The number of nitrogens with one attached hydrogen (secondary N) is 1. The van der Waals surface area contributed by atoms with Crippen LogP contribution < -0.4 is 10.1 Å². The van der Waals surface area contributed by atoms with Gasteiger partial charge in [0.05, 0.1) is 6.61 Å². The summed E-state index contributed by atoms with van der Waals surface area (Å²) in [6.07, 6.45) is 3.37. The lowest BCUT2D eigenvalue weighted by Gasteiger charge is -2.27. The van der Waals surface area contributed by atoms with Gasteiger partial charge in [0.25, 0.3) is 0 Å². The van der Waals surface area contributed by atoms with Crippen molar-refractivity contribution >= 4 is 0 Å². The van der Waals surface area contributed by atoms with Crippen LogP contribution in [-0.2, 0) is 11.8 Å². The maximum absolute atomic E-state index is 5.97. The van der Waals surface area contributed by atoms with Gasteiger partial charge < -0.3 is 15.0 Å². The van der Waals surface area contributed by atoms with Crippen molar-refractivity contribution in [1.29, 1.82) is 0 Å². The van der Waals surface area contributed by atoms with Crippen LogP contribution in [0.15, 0.2) is 18.2 Å². The third-order valence-electron chi connectivity index (χ3n) is 4.52. The van der Waals surface area contributed by atoms with E-state index in [1.54, 1.807) is 0 Å². The van der Waals surface area contributed by atoms with Crippen molar-refractivity contribution < 1.29 is 4.74 Å². The Morgan fingerprint density at radius 2 is 1.91 bits per heavy atom. The maximum atomic E-state index is 5.97. The van der Waals surface area contributed by atoms with Crippen molar-refractivity contribution in [1.82, 2.24) is 10.2 Å². The SMILES string of the molecule is CCCOc1ccc(C(C)(C)C)cc1CCCN1CCNCC1. The summed E-state index contributed by atoms with van der Waals surface area (Å²) in [6.45, 7) is 15.6. The lowest BCUT2D eigenvalue weighted by Crippen LogP contribution is -2.43. The molecule has 1 aromatic carbocycles. The molecule has 1 aliphatic rings. The lowest BCUT2D eigenvalue weighted by atomic mass is 9.85. The molecule has 1 aliphatic heterocycles. The third-order valence-corrected chi connectivity index (χ3v) is 4.52. The van der Waals surface area contributed by atoms with Crippen molar-refractivity contribution in [3.8, 4) is 5.75 Å². The van der Waals surface area contributed by atoms with Crippen LogP contribution in [-0.4, -0.2) is 44.2 Å². The Bertz CT molecular complexity index is 473. The van der Waals surface area contributed by atoms with Gasteiger partial charge in [0.15, 0.2) is 0 Å². The van der Waals surface area contributed by atoms with E-state index in [1.165, 1.54) is 37.2 Å². The van der Waals surface area contributed by atoms with Crippen LogP contribution in [0, 0.1) is 0 Å². The zero-order chi connectivity index (χ0) is 16.7. The second-order valence-corrected chi connectivity index (χ2v) is 7.62. The van der Waals surface area contributed by atoms with E-state index in [1.807, 2.05) is 0 Å². The van der Waals surface area contributed by atoms with Gasteiger partial charge in [-0.1, -0.05) is 39.8 Å². The summed E-state index contributed by atoms with van der Waals surface area (Å²) in [4.78, 5) is 2.57. The summed E-state index contributed by atoms with van der Waals surface area (Å²) in [5.74, 6) is 1.08. The number of aryl methyl sites for hydroxylation is 1. The monoisotopic (exact) mass is 318 g/mol. The number of hydrogen-bond acceptors (Lipinski definition) is 3. The average Bonchev–Trinajstić information content (AvgIpc) is 2.53. The van der Waals surface area contributed by atoms with Crippen LogP contribution in [0.2, 0.25) is 0 Å². The Hall–Kier alpha value is -1.06. The first-order valence-corrected chi connectivity index (χ1v) is 9.20. The molecule has 0 bridgehead atoms. The highest BCUT2D eigenvalue weighted by molar-refractivity contribution is 5.39. The second kappa shape index (κ2) is 8.70. The van der Waals surface area contributed by atoms with Gasteiger partial charge in [-0.25, -0.2) is 0 Å². The van der Waals surface area contributed by atoms with Gasteiger partial charge in [-0.15, -0.1) is 0 Å². The van der Waals surface area contributed by atoms with E-state index in [0.29, 0.717) is 0 Å². The van der Waals surface area contributed by atoms with Gasteiger partial charge >= 0.3 is 0 Å². The number of piperazine rings is 1. The number of hydrogen-bond donors (Lipinski definition) is 1. The molecule has 1 saturated heterocycles. The molecule has 23 heavy (non-hydrogen) atoms. The molecule has 3 heteroatoms. The molecule has 2 rings (SSSR count). The molecule has 1 fully saturated rings. The van der Waals surface area contributed by atoms with Crippen LogP contribution in [0.4, 0.5) is 0 Å². The predicted octanol–water partition coefficient (Wildman–Crippen LogP) is 3.61. The minimum absolute atomic E-state index is 0.191. The van der Waals surface area contributed by atoms with Crippen molar-refractivity contribution in [2.45, 2.75) is 52.4 Å². The Morgan fingerprint density at radius 3 is 2.57 bits per heavy atom. The summed E-state index contributed by atoms with van der Waals surface area (Å²) in [5.41, 5.74) is 2.97. The molecule has 0 atom stereocenters. The second-order valence-electron chi connectivity index (χ2n) is 7.62. The molecule has 1 N–H and O–H groups in total. The fourth-order valence-electron chi connectivity index (χ4n) is 3.02. The average molecular weight is 319 g/mol. The van der Waals surface area contributed by atoms with Crippen LogP contribution >= 0.6 is 0 Å². The molecular formula is C20H34N2O. The minimum atomic E-state index is 0.191. The Labute approximate surface area is 142 Å². The first kappa shape index (κ1) is 18.3. The van der Waals surface area contributed by atoms with E-state index in [9.17, 15) is 0 Å². The molecule has 0 aromatic heterocycles. The van der Waals surface area contributed by atoms with E-state index >= 15 is 0 Å². The third kappa shape index (κ3) is 5.82. The van der Waals surface area contributed by atoms with Crippen molar-refractivity contribution in [3.63, 3.8) is 0 Å². The van der Waals surface area contributed by atoms with E-state index in [4.69, 9.17) is 4.74 Å². The van der Waals surface area contributed by atoms with E-state index in [-0.39, 0.29) is 5.41 Å². The molecule has 0 aliphatic carbocycles. The highest BCUT2D eigenvalue weighted by Gasteiger charge is 2.16. The fraction of sp³-hybridized carbons (Fsp3) is 0.700. The van der Waals surface area contributed by atoms with Crippen LogP contribution in [0.25, 0.3) is 0 Å². The molecule has 0 saturated carbocycles. The summed E-state index contributed by atoms with van der Waals surface area (Å²) < 4.78 is 5.97. The predicted molar refractivity (Wildman–Crippen MR) is 98.6 cm³/mol. The Morgan fingerprint density at radius 1 is 1.17 bits per heavy atom. The summed E-state index contributed by atoms with van der Waals surface area (Å²) in [5, 5.41) is 3.42. The first-order chi connectivity index (χ1) is 11.0. The zero-order valence-corrected chi connectivity index (χ0v) is 15.5. The van der Waals surface area contributed by atoms with Gasteiger partial charge in [-0.3, -0.25) is 0 Å². The van der Waals surface area contributed by atoms with Gasteiger partial charge in [0.2, 0.25) is 0 Å². The Balaban J connectivity index is 2.00. The first-order valence-electron chi connectivity index (χ1n) is 9.20. The molecule has 1 aromatic rings. The fourth-order valence-corrected chi connectivity index (χ4v) is 3.02. The number of benzene rings is 1. The van der Waals surface area contributed by atoms with Gasteiger partial charge in [0.1, 0.15) is 5.75 Å². The summed E-state index contributed by atoms with van der Waals surface area (Å²) in [7, 11) is 0. The van der Waals surface area contributed by atoms with Crippen LogP contribution in [0.5, 0.6) is 5.75 Å². The van der Waals surface area contributed by atoms with Crippen molar-refractivity contribution in [2.75, 3.05) is 39.3 Å². The minimum Gasteiger partial charge on any atom is -0.493 e. The molecule has 3 nitrogen and oxygen atoms in total. The van der Waals surface area contributed by atoms with Gasteiger partial charge in [-0.2, -0.15) is 0 Å². The molecule has 1 heterocycles. The summed E-state index contributed by atoms with van der Waals surface area (Å²) >= 11 is 0. The highest BCUT2D eigenvalue weighted by atomic mass is 16.5. The maximum Gasteiger partial charge on any atom is 0.122 e. The van der Waals surface area contributed by atoms with E-state index < -0.39 is 0 Å². The number of ether oxygens (including phenoxy) is 1. The highest BCUT2D eigenvalue weighted by Crippen LogP contribution is 2.29. The standard InChI is InChI=1S/C20H34N2O/c1-5-15-23-19-9-8-18(20(2,3)4)16-17(19)7-6-12-22-13-10-21-11-14-22/h8-9,16,21H,5-7,10-15H2,1-4H3. The van der Waals surface area contributed by atoms with Crippen LogP contribution in [0.1, 0.15) is 51.7 Å².